The zero-order chi connectivity index (χ0) is 17.3. The Labute approximate surface area is 140 Å². The lowest BCUT2D eigenvalue weighted by Crippen LogP contribution is -2.06. The number of aliphatic hydroxyl groups excluding tert-OH is 1. The third-order valence-corrected chi connectivity index (χ3v) is 4.28. The molecule has 2 N–H and O–H groups in total. The molecule has 1 heterocycles. The first kappa shape index (κ1) is 16.4. The van der Waals surface area contributed by atoms with Crippen LogP contribution >= 0.6 is 11.8 Å². The van der Waals surface area contributed by atoms with Gasteiger partial charge in [-0.05, 0) is 36.6 Å². The molecule has 0 spiro atoms. The lowest BCUT2D eigenvalue weighted by molar-refractivity contribution is 0.0697. The lowest BCUT2D eigenvalue weighted by Gasteiger charge is -2.10. The Hall–Kier alpha value is -2.51. The van der Waals surface area contributed by atoms with Gasteiger partial charge in [0.25, 0.3) is 0 Å². The van der Waals surface area contributed by atoms with E-state index in [2.05, 4.69) is 0 Å². The van der Waals surface area contributed by atoms with Crippen LogP contribution < -0.4 is 10.2 Å². The number of carbonyl (C=O) groups is 1. The Morgan fingerprint density at radius 1 is 1.25 bits per heavy atom. The van der Waals surface area contributed by atoms with Crippen LogP contribution in [0.5, 0.6) is 5.75 Å². The van der Waals surface area contributed by atoms with E-state index in [1.54, 1.807) is 12.1 Å². The minimum atomic E-state index is -1.11. The Balaban J connectivity index is 2.33. The molecule has 7 heteroatoms. The summed E-state index contributed by atoms with van der Waals surface area (Å²) in [7, 11) is 0. The van der Waals surface area contributed by atoms with Gasteiger partial charge in [0, 0.05) is 0 Å². The first-order chi connectivity index (χ1) is 11.5. The van der Waals surface area contributed by atoms with E-state index in [1.807, 2.05) is 6.26 Å². The second-order valence-corrected chi connectivity index (χ2v) is 5.87. The normalized spacial score (nSPS) is 11.1. The zero-order valence-electron chi connectivity index (χ0n) is 12.7. The van der Waals surface area contributed by atoms with E-state index in [9.17, 15) is 9.59 Å². The van der Waals surface area contributed by atoms with E-state index < -0.39 is 5.97 Å². The number of fused-ring (bicyclic) bond motifs is 2. The van der Waals surface area contributed by atoms with Crippen LogP contribution in [0.25, 0.3) is 21.9 Å². The van der Waals surface area contributed by atoms with Crippen molar-refractivity contribution in [2.45, 2.75) is 4.90 Å². The third kappa shape index (κ3) is 2.83. The second kappa shape index (κ2) is 6.54. The quantitative estimate of drug-likeness (QED) is 0.541. The van der Waals surface area contributed by atoms with Gasteiger partial charge in [0.2, 0.25) is 5.43 Å². The first-order valence-electron chi connectivity index (χ1n) is 7.10. The summed E-state index contributed by atoms with van der Waals surface area (Å²) in [5.74, 6) is -0.664. The molecule has 0 saturated carbocycles. The van der Waals surface area contributed by atoms with Crippen molar-refractivity contribution >= 4 is 39.7 Å². The van der Waals surface area contributed by atoms with Crippen LogP contribution in [0.2, 0.25) is 0 Å². The number of carboxylic acid groups (broad SMARTS) is 1. The van der Waals surface area contributed by atoms with Gasteiger partial charge in [-0.2, -0.15) is 0 Å². The number of thioether (sulfide) groups is 1. The van der Waals surface area contributed by atoms with E-state index in [0.29, 0.717) is 22.3 Å². The molecular weight excluding hydrogens is 332 g/mol. The van der Waals surface area contributed by atoms with Gasteiger partial charge in [0.05, 0.1) is 27.8 Å². The minimum absolute atomic E-state index is 0.0203. The molecule has 0 fully saturated rings. The molecule has 0 unspecified atom stereocenters. The van der Waals surface area contributed by atoms with E-state index in [-0.39, 0.29) is 29.6 Å². The monoisotopic (exact) mass is 346 g/mol. The number of aromatic carboxylic acids is 1. The van der Waals surface area contributed by atoms with Crippen molar-refractivity contribution in [3.05, 3.63) is 46.1 Å². The summed E-state index contributed by atoms with van der Waals surface area (Å²) in [6.45, 7) is -0.0255. The fraction of sp³-hybridized carbons (Fsp3) is 0.176. The second-order valence-electron chi connectivity index (χ2n) is 5.02. The summed E-state index contributed by atoms with van der Waals surface area (Å²) >= 11 is 1.40. The molecule has 24 heavy (non-hydrogen) atoms. The summed E-state index contributed by atoms with van der Waals surface area (Å²) in [6.07, 6.45) is 1.85. The van der Waals surface area contributed by atoms with E-state index >= 15 is 0 Å². The number of rotatable bonds is 5. The van der Waals surface area contributed by atoms with Crippen LogP contribution in [-0.4, -0.2) is 35.7 Å². The van der Waals surface area contributed by atoms with Crippen LogP contribution in [0.3, 0.4) is 0 Å². The van der Waals surface area contributed by atoms with Crippen molar-refractivity contribution in [3.63, 3.8) is 0 Å². The molecule has 0 aliphatic heterocycles. The third-order valence-electron chi connectivity index (χ3n) is 3.54. The fourth-order valence-corrected chi connectivity index (χ4v) is 3.00. The molecule has 0 bridgehead atoms. The highest BCUT2D eigenvalue weighted by molar-refractivity contribution is 7.98. The van der Waals surface area contributed by atoms with Crippen LogP contribution in [0, 0.1) is 0 Å². The molecule has 0 aliphatic carbocycles. The van der Waals surface area contributed by atoms with E-state index in [4.69, 9.17) is 19.4 Å². The summed E-state index contributed by atoms with van der Waals surface area (Å²) in [4.78, 5) is 24.6. The maximum absolute atomic E-state index is 12.8. The van der Waals surface area contributed by atoms with Crippen molar-refractivity contribution < 1.29 is 24.2 Å². The Morgan fingerprint density at radius 2 is 2.04 bits per heavy atom. The van der Waals surface area contributed by atoms with E-state index in [0.717, 1.165) is 4.90 Å². The largest absolute Gasteiger partial charge is 0.491 e. The predicted octanol–water partition coefficient (Wildman–Crippen LogP) is 2.74. The van der Waals surface area contributed by atoms with Gasteiger partial charge >= 0.3 is 5.97 Å². The minimum Gasteiger partial charge on any atom is -0.491 e. The highest BCUT2D eigenvalue weighted by atomic mass is 32.2. The molecule has 124 valence electrons. The zero-order valence-corrected chi connectivity index (χ0v) is 13.6. The average molecular weight is 346 g/mol. The molecule has 2 aromatic carbocycles. The van der Waals surface area contributed by atoms with Gasteiger partial charge in [-0.15, -0.1) is 11.8 Å². The summed E-state index contributed by atoms with van der Waals surface area (Å²) in [5, 5.41) is 18.5. The molecule has 3 rings (SSSR count). The molecule has 0 amide bonds. The van der Waals surface area contributed by atoms with Crippen molar-refractivity contribution in [2.24, 2.45) is 0 Å². The van der Waals surface area contributed by atoms with Gasteiger partial charge in [0.15, 0.2) is 5.58 Å². The van der Waals surface area contributed by atoms with Crippen molar-refractivity contribution in [3.8, 4) is 5.75 Å². The van der Waals surface area contributed by atoms with Crippen LogP contribution in [0.4, 0.5) is 0 Å². The standard InChI is InChI=1S/C17H14O6S/c1-24-14-8-10(22-5-4-18)7-12-15(19)11-6-9(17(20)21)2-3-13(11)23-16(12)14/h2-3,6-8,18H,4-5H2,1H3,(H,20,21). The van der Waals surface area contributed by atoms with Crippen molar-refractivity contribution in [1.29, 1.82) is 0 Å². The average Bonchev–Trinajstić information content (AvgIpc) is 2.59. The number of ether oxygens (including phenoxy) is 1. The predicted molar refractivity (Wildman–Crippen MR) is 91.3 cm³/mol. The fourth-order valence-electron chi connectivity index (χ4n) is 2.43. The van der Waals surface area contributed by atoms with E-state index in [1.165, 1.54) is 30.0 Å². The number of carboxylic acids is 1. The molecule has 0 atom stereocenters. The van der Waals surface area contributed by atoms with Crippen molar-refractivity contribution in [2.75, 3.05) is 19.5 Å². The molecule has 0 aliphatic rings. The van der Waals surface area contributed by atoms with Gasteiger partial charge in [0.1, 0.15) is 17.9 Å². The smallest absolute Gasteiger partial charge is 0.335 e. The summed E-state index contributed by atoms with van der Waals surface area (Å²) in [6, 6.07) is 7.48. The Morgan fingerprint density at radius 3 is 2.71 bits per heavy atom. The summed E-state index contributed by atoms with van der Waals surface area (Å²) in [5.41, 5.74) is 0.460. The first-order valence-corrected chi connectivity index (χ1v) is 8.33. The van der Waals surface area contributed by atoms with Gasteiger partial charge in [-0.3, -0.25) is 4.79 Å². The molecule has 6 nitrogen and oxygen atoms in total. The maximum atomic E-state index is 12.8. The molecule has 0 radical (unpaired) electrons. The number of aliphatic hydroxyl groups is 1. The molecule has 3 aromatic rings. The Kier molecular flexibility index (Phi) is 4.46. The van der Waals surface area contributed by atoms with Gasteiger partial charge in [-0.25, -0.2) is 4.79 Å². The molecule has 0 saturated heterocycles. The molecular formula is C17H14O6S. The topological polar surface area (TPSA) is 97.0 Å². The highest BCUT2D eigenvalue weighted by Crippen LogP contribution is 2.32. The van der Waals surface area contributed by atoms with Crippen molar-refractivity contribution in [1.82, 2.24) is 0 Å². The number of hydrogen-bond donors (Lipinski definition) is 2. The lowest BCUT2D eigenvalue weighted by atomic mass is 10.1. The van der Waals surface area contributed by atoms with Crippen LogP contribution in [0.1, 0.15) is 10.4 Å². The van der Waals surface area contributed by atoms with Crippen LogP contribution in [-0.2, 0) is 0 Å². The van der Waals surface area contributed by atoms with Gasteiger partial charge < -0.3 is 19.4 Å². The highest BCUT2D eigenvalue weighted by Gasteiger charge is 2.15. The Bertz CT molecular complexity index is 992. The molecule has 1 aromatic heterocycles. The van der Waals surface area contributed by atoms with Crippen LogP contribution in [0.15, 0.2) is 44.4 Å². The summed E-state index contributed by atoms with van der Waals surface area (Å²) < 4.78 is 11.2. The number of benzene rings is 2. The number of hydrogen-bond acceptors (Lipinski definition) is 6. The van der Waals surface area contributed by atoms with Gasteiger partial charge in [-0.1, -0.05) is 0 Å². The maximum Gasteiger partial charge on any atom is 0.335 e. The SMILES string of the molecule is CSc1cc(OCCO)cc2c(=O)c3cc(C(=O)O)ccc3oc12.